The van der Waals surface area contributed by atoms with Gasteiger partial charge in [-0.1, -0.05) is 35.9 Å². The molecule has 3 rings (SSSR count). The molecule has 0 unspecified atom stereocenters. The Labute approximate surface area is 128 Å². The van der Waals surface area contributed by atoms with E-state index in [-0.39, 0.29) is 5.82 Å². The van der Waals surface area contributed by atoms with Gasteiger partial charge in [-0.2, -0.15) is 0 Å². The summed E-state index contributed by atoms with van der Waals surface area (Å²) in [4.78, 5) is 4.44. The van der Waals surface area contributed by atoms with Crippen LogP contribution < -0.4 is 0 Å². The second-order valence-corrected chi connectivity index (χ2v) is 5.19. The molecule has 104 valence electrons. The van der Waals surface area contributed by atoms with E-state index in [1.807, 2.05) is 36.4 Å². The van der Waals surface area contributed by atoms with Crippen LogP contribution in [0.1, 0.15) is 11.1 Å². The first-order valence-corrected chi connectivity index (χ1v) is 7.05. The molecule has 0 saturated heterocycles. The molecule has 0 fully saturated rings. The van der Waals surface area contributed by atoms with Gasteiger partial charge in [0.2, 0.25) is 0 Å². The molecule has 3 aromatic rings. The topological polar surface area (TPSA) is 12.9 Å². The van der Waals surface area contributed by atoms with Gasteiger partial charge in [0.1, 0.15) is 5.82 Å². The summed E-state index contributed by atoms with van der Waals surface area (Å²) in [5, 5.41) is 0.742. The quantitative estimate of drug-likeness (QED) is 0.653. The molecule has 0 radical (unpaired) electrons. The normalized spacial score (nSPS) is 10.6. The van der Waals surface area contributed by atoms with Crippen molar-refractivity contribution in [3.63, 3.8) is 0 Å². The maximum absolute atomic E-state index is 13.1. The van der Waals surface area contributed by atoms with E-state index in [0.717, 1.165) is 27.4 Å². The first-order chi connectivity index (χ1) is 10.2. The Morgan fingerprint density at radius 3 is 2.33 bits per heavy atom. The maximum atomic E-state index is 13.1. The van der Waals surface area contributed by atoms with Gasteiger partial charge >= 0.3 is 0 Å². The van der Waals surface area contributed by atoms with Crippen molar-refractivity contribution in [2.24, 2.45) is 0 Å². The monoisotopic (exact) mass is 297 g/mol. The van der Waals surface area contributed by atoms with Crippen molar-refractivity contribution >= 4 is 11.6 Å². The smallest absolute Gasteiger partial charge is 0.123 e. The SMILES string of the molecule is Fc1ccc(-c2ncccc2Cc2ccccc2Cl)cc1. The predicted molar refractivity (Wildman–Crippen MR) is 83.9 cm³/mol. The molecular weight excluding hydrogens is 285 g/mol. The summed E-state index contributed by atoms with van der Waals surface area (Å²) in [6.07, 6.45) is 2.44. The Bertz CT molecular complexity index is 753. The first-order valence-electron chi connectivity index (χ1n) is 6.67. The van der Waals surface area contributed by atoms with Crippen LogP contribution in [0, 0.1) is 5.82 Å². The first kappa shape index (κ1) is 13.8. The van der Waals surface area contributed by atoms with E-state index in [0.29, 0.717) is 6.42 Å². The van der Waals surface area contributed by atoms with Gasteiger partial charge in [0.15, 0.2) is 0 Å². The highest BCUT2D eigenvalue weighted by Gasteiger charge is 2.09. The van der Waals surface area contributed by atoms with Crippen LogP contribution >= 0.6 is 11.6 Å². The lowest BCUT2D eigenvalue weighted by molar-refractivity contribution is 0.628. The van der Waals surface area contributed by atoms with Crippen LogP contribution in [0.4, 0.5) is 4.39 Å². The highest BCUT2D eigenvalue weighted by molar-refractivity contribution is 6.31. The summed E-state index contributed by atoms with van der Waals surface area (Å²) < 4.78 is 13.1. The lowest BCUT2D eigenvalue weighted by Crippen LogP contribution is -1.95. The van der Waals surface area contributed by atoms with Gasteiger partial charge in [-0.3, -0.25) is 4.98 Å². The third-order valence-electron chi connectivity index (χ3n) is 3.35. The van der Waals surface area contributed by atoms with Gasteiger partial charge in [0.05, 0.1) is 5.69 Å². The van der Waals surface area contributed by atoms with E-state index in [2.05, 4.69) is 4.98 Å². The standard InChI is InChI=1S/C18H13ClFN/c19-17-6-2-1-4-14(17)12-15-5-3-11-21-18(15)13-7-9-16(20)10-8-13/h1-11H,12H2. The van der Waals surface area contributed by atoms with Crippen LogP contribution in [0.15, 0.2) is 66.9 Å². The van der Waals surface area contributed by atoms with Crippen LogP contribution in [0.2, 0.25) is 5.02 Å². The van der Waals surface area contributed by atoms with Crippen LogP contribution in [0.25, 0.3) is 11.3 Å². The number of aromatic nitrogens is 1. The van der Waals surface area contributed by atoms with E-state index in [1.165, 1.54) is 12.1 Å². The Morgan fingerprint density at radius 1 is 0.857 bits per heavy atom. The van der Waals surface area contributed by atoms with Crippen molar-refractivity contribution in [1.82, 2.24) is 4.98 Å². The average Bonchev–Trinajstić information content (AvgIpc) is 2.51. The van der Waals surface area contributed by atoms with Gasteiger partial charge in [-0.25, -0.2) is 4.39 Å². The number of hydrogen-bond acceptors (Lipinski definition) is 1. The van der Waals surface area contributed by atoms with Gasteiger partial charge in [-0.15, -0.1) is 0 Å². The molecule has 0 N–H and O–H groups in total. The van der Waals surface area contributed by atoms with Gasteiger partial charge in [0, 0.05) is 23.2 Å². The zero-order chi connectivity index (χ0) is 14.7. The lowest BCUT2D eigenvalue weighted by atomic mass is 9.99. The highest BCUT2D eigenvalue weighted by atomic mass is 35.5. The van der Waals surface area contributed by atoms with Crippen molar-refractivity contribution in [1.29, 1.82) is 0 Å². The van der Waals surface area contributed by atoms with E-state index in [1.54, 1.807) is 18.3 Å². The number of halogens is 2. The van der Waals surface area contributed by atoms with E-state index >= 15 is 0 Å². The lowest BCUT2D eigenvalue weighted by Gasteiger charge is -2.10. The number of nitrogens with zero attached hydrogens (tertiary/aromatic N) is 1. The summed E-state index contributed by atoms with van der Waals surface area (Å²) >= 11 is 6.22. The van der Waals surface area contributed by atoms with Crippen molar-refractivity contribution in [3.05, 3.63) is 88.8 Å². The summed E-state index contributed by atoms with van der Waals surface area (Å²) in [6, 6.07) is 18.1. The minimum atomic E-state index is -0.248. The fraction of sp³-hybridized carbons (Fsp3) is 0.0556. The maximum Gasteiger partial charge on any atom is 0.123 e. The molecule has 1 aromatic heterocycles. The second kappa shape index (κ2) is 6.06. The third kappa shape index (κ3) is 3.11. The largest absolute Gasteiger partial charge is 0.256 e. The average molecular weight is 298 g/mol. The molecule has 1 nitrogen and oxygen atoms in total. The number of hydrogen-bond donors (Lipinski definition) is 0. The van der Waals surface area contributed by atoms with Crippen molar-refractivity contribution < 1.29 is 4.39 Å². The van der Waals surface area contributed by atoms with Crippen molar-refractivity contribution in [3.8, 4) is 11.3 Å². The Hall–Kier alpha value is -2.19. The van der Waals surface area contributed by atoms with Gasteiger partial charge < -0.3 is 0 Å². The molecule has 0 spiro atoms. The number of rotatable bonds is 3. The molecule has 1 heterocycles. The van der Waals surface area contributed by atoms with E-state index < -0.39 is 0 Å². The third-order valence-corrected chi connectivity index (χ3v) is 3.72. The number of pyridine rings is 1. The van der Waals surface area contributed by atoms with E-state index in [4.69, 9.17) is 11.6 Å². The molecule has 0 atom stereocenters. The van der Waals surface area contributed by atoms with Crippen molar-refractivity contribution in [2.45, 2.75) is 6.42 Å². The highest BCUT2D eigenvalue weighted by Crippen LogP contribution is 2.26. The minimum Gasteiger partial charge on any atom is -0.256 e. The van der Waals surface area contributed by atoms with Crippen molar-refractivity contribution in [2.75, 3.05) is 0 Å². The minimum absolute atomic E-state index is 0.248. The molecule has 21 heavy (non-hydrogen) atoms. The van der Waals surface area contributed by atoms with Crippen LogP contribution in [-0.2, 0) is 6.42 Å². The molecular formula is C18H13ClFN. The molecule has 0 aliphatic carbocycles. The molecule has 0 saturated carbocycles. The molecule has 0 bridgehead atoms. The Balaban J connectivity index is 2.00. The zero-order valence-electron chi connectivity index (χ0n) is 11.3. The molecule has 0 aliphatic heterocycles. The van der Waals surface area contributed by atoms with E-state index in [9.17, 15) is 4.39 Å². The van der Waals surface area contributed by atoms with Crippen LogP contribution in [0.3, 0.4) is 0 Å². The molecule has 0 amide bonds. The second-order valence-electron chi connectivity index (χ2n) is 4.79. The summed E-state index contributed by atoms with van der Waals surface area (Å²) in [7, 11) is 0. The van der Waals surface area contributed by atoms with Gasteiger partial charge in [0.25, 0.3) is 0 Å². The molecule has 2 aromatic carbocycles. The van der Waals surface area contributed by atoms with Crippen LogP contribution in [0.5, 0.6) is 0 Å². The summed E-state index contributed by atoms with van der Waals surface area (Å²) in [5.74, 6) is -0.248. The summed E-state index contributed by atoms with van der Waals surface area (Å²) in [5.41, 5.74) is 3.88. The van der Waals surface area contributed by atoms with Gasteiger partial charge in [-0.05, 0) is 47.5 Å². The predicted octanol–water partition coefficient (Wildman–Crippen LogP) is 5.13. The Morgan fingerprint density at radius 2 is 1.57 bits per heavy atom. The fourth-order valence-corrected chi connectivity index (χ4v) is 2.50. The fourth-order valence-electron chi connectivity index (χ4n) is 2.30. The molecule has 0 aliphatic rings. The molecule has 3 heteroatoms. The summed E-state index contributed by atoms with van der Waals surface area (Å²) in [6.45, 7) is 0. The zero-order valence-corrected chi connectivity index (χ0v) is 12.0. The number of benzene rings is 2. The van der Waals surface area contributed by atoms with Crippen LogP contribution in [-0.4, -0.2) is 4.98 Å². The Kier molecular flexibility index (Phi) is 3.98.